The van der Waals surface area contributed by atoms with Crippen LogP contribution in [0.2, 0.25) is 0 Å². The van der Waals surface area contributed by atoms with Crippen molar-refractivity contribution in [2.75, 3.05) is 4.90 Å². The van der Waals surface area contributed by atoms with Crippen LogP contribution in [0.3, 0.4) is 0 Å². The number of para-hydroxylation sites is 1. The van der Waals surface area contributed by atoms with Gasteiger partial charge < -0.3 is 4.74 Å². The lowest BCUT2D eigenvalue weighted by Crippen LogP contribution is -2.40. The second-order valence-electron chi connectivity index (χ2n) is 5.92. The van der Waals surface area contributed by atoms with Gasteiger partial charge in [-0.15, -0.1) is 0 Å². The first-order valence-electron chi connectivity index (χ1n) is 6.27. The minimum absolute atomic E-state index is 0.115. The van der Waals surface area contributed by atoms with Crippen molar-refractivity contribution in [1.29, 1.82) is 0 Å². The van der Waals surface area contributed by atoms with E-state index < -0.39 is 0 Å². The van der Waals surface area contributed by atoms with Gasteiger partial charge >= 0.3 is 5.97 Å². The van der Waals surface area contributed by atoms with Crippen LogP contribution >= 0.6 is 0 Å². The average Bonchev–Trinajstić information content (AvgIpc) is 2.67. The molecule has 3 nitrogen and oxygen atoms in total. The van der Waals surface area contributed by atoms with Crippen molar-refractivity contribution in [1.82, 2.24) is 0 Å². The zero-order chi connectivity index (χ0) is 12.9. The van der Waals surface area contributed by atoms with Gasteiger partial charge in [-0.05, 0) is 24.1 Å². The number of esters is 1. The molecule has 1 fully saturated rings. The zero-order valence-electron chi connectivity index (χ0n) is 10.9. The summed E-state index contributed by atoms with van der Waals surface area (Å²) < 4.78 is 5.55. The maximum atomic E-state index is 11.9. The van der Waals surface area contributed by atoms with Crippen molar-refractivity contribution in [2.45, 2.75) is 33.4 Å². The first kappa shape index (κ1) is 11.3. The predicted octanol–water partition coefficient (Wildman–Crippen LogP) is 2.86. The van der Waals surface area contributed by atoms with Crippen molar-refractivity contribution in [3.63, 3.8) is 0 Å². The van der Waals surface area contributed by atoms with Gasteiger partial charge in [0.2, 0.25) is 0 Å². The predicted molar refractivity (Wildman–Crippen MR) is 70.0 cm³/mol. The molecule has 0 amide bonds. The molecule has 0 spiro atoms. The van der Waals surface area contributed by atoms with E-state index in [2.05, 4.69) is 32.9 Å². The van der Waals surface area contributed by atoms with E-state index in [1.54, 1.807) is 0 Å². The Morgan fingerprint density at radius 2 is 2.00 bits per heavy atom. The number of ether oxygens (including phenoxy) is 1. The van der Waals surface area contributed by atoms with Crippen LogP contribution in [0.25, 0.3) is 0 Å². The Labute approximate surface area is 107 Å². The van der Waals surface area contributed by atoms with Crippen LogP contribution in [-0.4, -0.2) is 12.2 Å². The molecule has 0 aliphatic carbocycles. The molecule has 0 saturated carbocycles. The highest BCUT2D eigenvalue weighted by Crippen LogP contribution is 2.41. The molecule has 94 valence electrons. The molecule has 1 unspecified atom stereocenters. The van der Waals surface area contributed by atoms with E-state index in [1.165, 1.54) is 5.56 Å². The van der Waals surface area contributed by atoms with Gasteiger partial charge in [0.05, 0.1) is 0 Å². The summed E-state index contributed by atoms with van der Waals surface area (Å²) in [7, 11) is 0. The van der Waals surface area contributed by atoms with Crippen LogP contribution in [-0.2, 0) is 16.0 Å². The Morgan fingerprint density at radius 3 is 2.72 bits per heavy atom. The first-order chi connectivity index (χ1) is 8.48. The first-order valence-corrected chi connectivity index (χ1v) is 6.27. The second kappa shape index (κ2) is 3.61. The molecular weight excluding hydrogens is 226 g/mol. The number of hydrogen-bond acceptors (Lipinski definition) is 3. The van der Waals surface area contributed by atoms with Gasteiger partial charge in [-0.2, -0.15) is 0 Å². The number of hydrogen-bond donors (Lipinski definition) is 0. The zero-order valence-corrected chi connectivity index (χ0v) is 10.9. The number of allylic oxidation sites excluding steroid dienone is 1. The van der Waals surface area contributed by atoms with Crippen molar-refractivity contribution >= 4 is 11.7 Å². The van der Waals surface area contributed by atoms with Crippen LogP contribution in [0.5, 0.6) is 0 Å². The van der Waals surface area contributed by atoms with Gasteiger partial charge in [-0.3, -0.25) is 4.90 Å². The number of fused-ring (bicyclic) bond motifs is 3. The van der Waals surface area contributed by atoms with E-state index in [9.17, 15) is 4.79 Å². The Bertz CT molecular complexity index is 540. The lowest BCUT2D eigenvalue weighted by atomic mass is 9.91. The molecule has 0 radical (unpaired) electrons. The molecule has 18 heavy (non-hydrogen) atoms. The fraction of sp³-hybridized carbons (Fsp3) is 0.400. The molecule has 1 aromatic rings. The van der Waals surface area contributed by atoms with E-state index in [1.807, 2.05) is 23.1 Å². The Kier molecular flexibility index (Phi) is 2.27. The van der Waals surface area contributed by atoms with Crippen LogP contribution in [0.15, 0.2) is 36.0 Å². The van der Waals surface area contributed by atoms with E-state index in [-0.39, 0.29) is 17.6 Å². The fourth-order valence-corrected chi connectivity index (χ4v) is 2.57. The van der Waals surface area contributed by atoms with Crippen LogP contribution in [0.1, 0.15) is 26.3 Å². The monoisotopic (exact) mass is 243 g/mol. The fourth-order valence-electron chi connectivity index (χ4n) is 2.57. The molecule has 2 aliphatic heterocycles. The van der Waals surface area contributed by atoms with Gasteiger partial charge in [-0.1, -0.05) is 39.0 Å². The number of carbonyl (C=O) groups excluding carboxylic acids is 1. The van der Waals surface area contributed by atoms with Crippen molar-refractivity contribution in [3.05, 3.63) is 41.6 Å². The Hall–Kier alpha value is -1.77. The maximum absolute atomic E-state index is 11.9. The molecule has 0 aromatic heterocycles. The summed E-state index contributed by atoms with van der Waals surface area (Å²) in [5.41, 5.74) is 2.92. The highest BCUT2D eigenvalue weighted by Gasteiger charge is 2.45. The van der Waals surface area contributed by atoms with Gasteiger partial charge in [-0.25, -0.2) is 4.79 Å². The third-order valence-corrected chi connectivity index (χ3v) is 3.43. The number of anilines is 1. The molecule has 3 rings (SSSR count). The van der Waals surface area contributed by atoms with Crippen LogP contribution in [0, 0.1) is 5.41 Å². The number of nitrogens with zero attached hydrogens (tertiary/aromatic N) is 1. The molecule has 3 heteroatoms. The SMILES string of the molecule is CC(C)(C)C1OC(=O)C2=CCc3ccccc3N21. The average molecular weight is 243 g/mol. The molecule has 0 N–H and O–H groups in total. The molecule has 1 atom stereocenters. The topological polar surface area (TPSA) is 29.5 Å². The maximum Gasteiger partial charge on any atom is 0.356 e. The quantitative estimate of drug-likeness (QED) is 0.656. The lowest BCUT2D eigenvalue weighted by Gasteiger charge is -2.35. The molecule has 0 bridgehead atoms. The van der Waals surface area contributed by atoms with E-state index in [0.717, 1.165) is 12.1 Å². The standard InChI is InChI=1S/C15H17NO2/c1-15(2,3)14-16-11-7-5-4-6-10(11)8-9-12(16)13(17)18-14/h4-7,9,14H,8H2,1-3H3. The lowest BCUT2D eigenvalue weighted by molar-refractivity contribution is -0.142. The number of cyclic esters (lactones) is 1. The molecule has 2 aliphatic rings. The van der Waals surface area contributed by atoms with Crippen LogP contribution < -0.4 is 4.90 Å². The van der Waals surface area contributed by atoms with E-state index in [0.29, 0.717) is 5.70 Å². The largest absolute Gasteiger partial charge is 0.436 e. The number of benzene rings is 1. The van der Waals surface area contributed by atoms with Crippen LogP contribution in [0.4, 0.5) is 5.69 Å². The van der Waals surface area contributed by atoms with Gasteiger partial charge in [0, 0.05) is 11.1 Å². The summed E-state index contributed by atoms with van der Waals surface area (Å²) >= 11 is 0. The summed E-state index contributed by atoms with van der Waals surface area (Å²) in [6.07, 6.45) is 2.54. The van der Waals surface area contributed by atoms with Gasteiger partial charge in [0.15, 0.2) is 6.23 Å². The van der Waals surface area contributed by atoms with Gasteiger partial charge in [0.1, 0.15) is 5.70 Å². The highest BCUT2D eigenvalue weighted by atomic mass is 16.6. The smallest absolute Gasteiger partial charge is 0.356 e. The summed E-state index contributed by atoms with van der Waals surface area (Å²) in [6.45, 7) is 6.27. The molecule has 1 saturated heterocycles. The molecular formula is C15H17NO2. The normalized spacial score (nSPS) is 22.2. The third kappa shape index (κ3) is 1.54. The summed E-state index contributed by atoms with van der Waals surface area (Å²) in [4.78, 5) is 14.0. The minimum Gasteiger partial charge on any atom is -0.436 e. The van der Waals surface area contributed by atoms with Crippen molar-refractivity contribution < 1.29 is 9.53 Å². The molecule has 1 aromatic carbocycles. The Balaban J connectivity index is 2.13. The van der Waals surface area contributed by atoms with Crippen molar-refractivity contribution in [3.8, 4) is 0 Å². The highest BCUT2D eigenvalue weighted by molar-refractivity contribution is 5.97. The number of carbonyl (C=O) groups is 1. The van der Waals surface area contributed by atoms with Gasteiger partial charge in [0.25, 0.3) is 0 Å². The summed E-state index contributed by atoms with van der Waals surface area (Å²) in [6, 6.07) is 8.20. The summed E-state index contributed by atoms with van der Waals surface area (Å²) in [5.74, 6) is -0.204. The minimum atomic E-state index is -0.224. The number of rotatable bonds is 0. The molecule has 2 heterocycles. The van der Waals surface area contributed by atoms with E-state index >= 15 is 0 Å². The van der Waals surface area contributed by atoms with Crippen molar-refractivity contribution in [2.24, 2.45) is 5.41 Å². The second-order valence-corrected chi connectivity index (χ2v) is 5.92. The Morgan fingerprint density at radius 1 is 1.28 bits per heavy atom. The van der Waals surface area contributed by atoms with E-state index in [4.69, 9.17) is 4.74 Å². The third-order valence-electron chi connectivity index (χ3n) is 3.43. The summed E-state index contributed by atoms with van der Waals surface area (Å²) in [5, 5.41) is 0.